The van der Waals surface area contributed by atoms with Gasteiger partial charge in [-0.15, -0.1) is 11.3 Å². The van der Waals surface area contributed by atoms with Crippen molar-refractivity contribution in [3.63, 3.8) is 0 Å². The molecule has 0 bridgehead atoms. The van der Waals surface area contributed by atoms with Crippen LogP contribution in [0.3, 0.4) is 0 Å². The van der Waals surface area contributed by atoms with Crippen LogP contribution in [0.4, 0.5) is 10.1 Å². The molecular weight excluding hydrogens is 287 g/mol. The van der Waals surface area contributed by atoms with E-state index in [2.05, 4.69) is 26.1 Å². The average Bonchev–Trinajstić information content (AvgIpc) is 2.86. The lowest BCUT2D eigenvalue weighted by Crippen LogP contribution is -2.27. The molecule has 3 nitrogen and oxygen atoms in total. The van der Waals surface area contributed by atoms with Gasteiger partial charge in [0.25, 0.3) is 0 Å². The van der Waals surface area contributed by atoms with E-state index in [0.717, 1.165) is 9.75 Å². The van der Waals surface area contributed by atoms with Crippen LogP contribution in [0.1, 0.15) is 36.6 Å². The second-order valence-corrected chi connectivity index (χ2v) is 7.03. The third-order valence-electron chi connectivity index (χ3n) is 3.11. The number of amides is 1. The van der Waals surface area contributed by atoms with Crippen LogP contribution in [0.5, 0.6) is 0 Å². The number of benzene rings is 1. The molecule has 3 N–H and O–H groups in total. The molecule has 21 heavy (non-hydrogen) atoms. The maximum atomic E-state index is 13.7. The first-order valence-electron chi connectivity index (χ1n) is 6.69. The Bertz CT molecular complexity index is 646. The number of rotatable bonds is 4. The quantitative estimate of drug-likeness (QED) is 0.902. The van der Waals surface area contributed by atoms with Crippen LogP contribution in [-0.2, 0) is 10.2 Å². The van der Waals surface area contributed by atoms with E-state index in [0.29, 0.717) is 0 Å². The van der Waals surface area contributed by atoms with E-state index in [1.807, 2.05) is 12.1 Å². The van der Waals surface area contributed by atoms with Crippen LogP contribution in [0.15, 0.2) is 36.4 Å². The van der Waals surface area contributed by atoms with Gasteiger partial charge < -0.3 is 11.1 Å². The Labute approximate surface area is 128 Å². The molecule has 0 saturated carbocycles. The smallest absolute Gasteiger partial charge is 0.245 e. The van der Waals surface area contributed by atoms with Crippen LogP contribution in [0.2, 0.25) is 0 Å². The summed E-state index contributed by atoms with van der Waals surface area (Å²) >= 11 is 1.52. The van der Waals surface area contributed by atoms with Crippen molar-refractivity contribution >= 4 is 22.9 Å². The highest BCUT2D eigenvalue weighted by atomic mass is 32.1. The molecule has 0 aliphatic carbocycles. The minimum absolute atomic E-state index is 0.00309. The van der Waals surface area contributed by atoms with Gasteiger partial charge in [0.15, 0.2) is 0 Å². The fourth-order valence-electron chi connectivity index (χ4n) is 1.93. The summed E-state index contributed by atoms with van der Waals surface area (Å²) in [5.41, 5.74) is 5.74. The fourth-order valence-corrected chi connectivity index (χ4v) is 3.05. The Hall–Kier alpha value is -1.88. The zero-order valence-corrected chi connectivity index (χ0v) is 13.1. The molecule has 2 rings (SSSR count). The molecule has 1 unspecified atom stereocenters. The molecule has 0 radical (unpaired) electrons. The summed E-state index contributed by atoms with van der Waals surface area (Å²) in [7, 11) is 0. The number of primary amides is 1. The largest absolute Gasteiger partial charge is 0.368 e. The second-order valence-electron chi connectivity index (χ2n) is 5.91. The van der Waals surface area contributed by atoms with Crippen molar-refractivity contribution in [1.82, 2.24) is 0 Å². The molecule has 0 spiro atoms. The summed E-state index contributed by atoms with van der Waals surface area (Å²) < 4.78 is 13.7. The molecule has 0 fully saturated rings. The lowest BCUT2D eigenvalue weighted by atomic mass is 9.95. The van der Waals surface area contributed by atoms with Gasteiger partial charge in [-0.25, -0.2) is 4.39 Å². The van der Waals surface area contributed by atoms with E-state index >= 15 is 0 Å². The monoisotopic (exact) mass is 306 g/mol. The molecule has 1 heterocycles. The number of anilines is 1. The van der Waals surface area contributed by atoms with Crippen LogP contribution in [0, 0.1) is 5.82 Å². The normalized spacial score (nSPS) is 13.0. The average molecular weight is 306 g/mol. The number of halogens is 1. The van der Waals surface area contributed by atoms with Gasteiger partial charge in [-0.05, 0) is 29.7 Å². The highest BCUT2D eigenvalue weighted by molar-refractivity contribution is 7.12. The first-order chi connectivity index (χ1) is 9.79. The van der Waals surface area contributed by atoms with E-state index in [4.69, 9.17) is 5.73 Å². The summed E-state index contributed by atoms with van der Waals surface area (Å²) in [6.45, 7) is 6.31. The Kier molecular flexibility index (Phi) is 4.32. The first-order valence-corrected chi connectivity index (χ1v) is 7.51. The van der Waals surface area contributed by atoms with Gasteiger partial charge >= 0.3 is 0 Å². The number of para-hydroxylation sites is 1. The Morgan fingerprint density at radius 2 is 1.90 bits per heavy atom. The molecule has 1 aromatic heterocycles. The predicted octanol–water partition coefficient (Wildman–Crippen LogP) is 3.82. The van der Waals surface area contributed by atoms with Crippen molar-refractivity contribution in [1.29, 1.82) is 0 Å². The van der Waals surface area contributed by atoms with Crippen molar-refractivity contribution in [2.75, 3.05) is 5.32 Å². The van der Waals surface area contributed by atoms with Gasteiger partial charge in [-0.2, -0.15) is 0 Å². The Morgan fingerprint density at radius 3 is 2.43 bits per heavy atom. The fraction of sp³-hybridized carbons (Fsp3) is 0.312. The predicted molar refractivity (Wildman–Crippen MR) is 85.0 cm³/mol. The maximum absolute atomic E-state index is 13.7. The van der Waals surface area contributed by atoms with E-state index < -0.39 is 17.8 Å². The number of hydrogen-bond donors (Lipinski definition) is 2. The molecule has 5 heteroatoms. The molecule has 1 aromatic carbocycles. The Morgan fingerprint density at radius 1 is 1.24 bits per heavy atom. The molecule has 2 aromatic rings. The van der Waals surface area contributed by atoms with Crippen molar-refractivity contribution in [2.24, 2.45) is 5.73 Å². The van der Waals surface area contributed by atoms with Crippen molar-refractivity contribution in [3.8, 4) is 0 Å². The second kappa shape index (κ2) is 5.85. The number of carbonyl (C=O) groups is 1. The maximum Gasteiger partial charge on any atom is 0.245 e. The van der Waals surface area contributed by atoms with Gasteiger partial charge in [0.05, 0.1) is 5.69 Å². The van der Waals surface area contributed by atoms with Gasteiger partial charge in [0.2, 0.25) is 5.91 Å². The lowest BCUT2D eigenvalue weighted by molar-refractivity contribution is -0.118. The summed E-state index contributed by atoms with van der Waals surface area (Å²) in [5.74, 6) is -0.933. The third-order valence-corrected chi connectivity index (χ3v) is 4.68. The molecule has 112 valence electrons. The topological polar surface area (TPSA) is 55.1 Å². The lowest BCUT2D eigenvalue weighted by Gasteiger charge is -2.17. The highest BCUT2D eigenvalue weighted by Crippen LogP contribution is 2.33. The van der Waals surface area contributed by atoms with Crippen LogP contribution in [-0.4, -0.2) is 5.91 Å². The zero-order chi connectivity index (χ0) is 15.6. The van der Waals surface area contributed by atoms with Crippen molar-refractivity contribution in [3.05, 3.63) is 52.0 Å². The molecule has 0 aliphatic rings. The molecular formula is C16H19FN2OS. The zero-order valence-electron chi connectivity index (χ0n) is 12.3. The van der Waals surface area contributed by atoms with Gasteiger partial charge in [0, 0.05) is 9.75 Å². The van der Waals surface area contributed by atoms with E-state index in [1.54, 1.807) is 18.2 Å². The molecule has 1 atom stereocenters. The minimum atomic E-state index is -0.733. The van der Waals surface area contributed by atoms with Gasteiger partial charge in [0.1, 0.15) is 11.9 Å². The molecule has 1 amide bonds. The first kappa shape index (κ1) is 15.5. The van der Waals surface area contributed by atoms with Crippen LogP contribution in [0.25, 0.3) is 0 Å². The van der Waals surface area contributed by atoms with Crippen molar-refractivity contribution in [2.45, 2.75) is 32.2 Å². The summed E-state index contributed by atoms with van der Waals surface area (Å²) in [4.78, 5) is 13.7. The number of thiophene rings is 1. The van der Waals surface area contributed by atoms with Gasteiger partial charge in [-0.1, -0.05) is 32.9 Å². The summed E-state index contributed by atoms with van der Waals surface area (Å²) in [6, 6.07) is 9.36. The van der Waals surface area contributed by atoms with Gasteiger partial charge in [-0.3, -0.25) is 4.79 Å². The third kappa shape index (κ3) is 3.61. The van der Waals surface area contributed by atoms with E-state index in [-0.39, 0.29) is 11.1 Å². The molecule has 0 saturated heterocycles. The van der Waals surface area contributed by atoms with Crippen LogP contribution < -0.4 is 11.1 Å². The standard InChI is InChI=1S/C16H19FN2OS/c1-16(2,3)13-9-8-12(21-13)14(15(18)20)19-11-7-5-4-6-10(11)17/h4-9,14,19H,1-3H3,(H2,18,20). The van der Waals surface area contributed by atoms with Crippen LogP contribution >= 0.6 is 11.3 Å². The molecule has 0 aliphatic heterocycles. The summed E-state index contributed by atoms with van der Waals surface area (Å²) in [6.07, 6.45) is 0. The minimum Gasteiger partial charge on any atom is -0.368 e. The Balaban J connectivity index is 2.30. The number of hydrogen-bond acceptors (Lipinski definition) is 3. The van der Waals surface area contributed by atoms with Crippen molar-refractivity contribution < 1.29 is 9.18 Å². The van der Waals surface area contributed by atoms with E-state index in [1.165, 1.54) is 17.4 Å². The SMILES string of the molecule is CC(C)(C)c1ccc(C(Nc2ccccc2F)C(N)=O)s1. The summed E-state index contributed by atoms with van der Waals surface area (Å²) in [5, 5.41) is 2.89. The van der Waals surface area contributed by atoms with E-state index in [9.17, 15) is 9.18 Å². The number of nitrogens with two attached hydrogens (primary N) is 1. The number of nitrogens with one attached hydrogen (secondary N) is 1. The highest BCUT2D eigenvalue weighted by Gasteiger charge is 2.23. The number of carbonyl (C=O) groups excluding carboxylic acids is 1.